The number of rotatable bonds is 4. The van der Waals surface area contributed by atoms with Crippen molar-refractivity contribution in [1.29, 1.82) is 0 Å². The smallest absolute Gasteiger partial charge is 0.202 e. The Labute approximate surface area is 92.6 Å². The molecule has 0 aliphatic rings. The first-order valence-electron chi connectivity index (χ1n) is 4.88. The summed E-state index contributed by atoms with van der Waals surface area (Å²) in [7, 11) is 0. The third-order valence-electron chi connectivity index (χ3n) is 1.87. The first-order chi connectivity index (χ1) is 7.40. The van der Waals surface area contributed by atoms with Gasteiger partial charge in [-0.05, 0) is 18.6 Å². The molecule has 78 valence electrons. The Kier molecular flexibility index (Phi) is 3.24. The SMILES string of the molecule is CCCNc1nc(-c2cccnc2)ns1. The van der Waals surface area contributed by atoms with Crippen LogP contribution in [0.1, 0.15) is 13.3 Å². The Morgan fingerprint density at radius 3 is 3.13 bits per heavy atom. The lowest BCUT2D eigenvalue weighted by Crippen LogP contribution is -1.98. The maximum absolute atomic E-state index is 4.37. The molecule has 0 spiro atoms. The highest BCUT2D eigenvalue weighted by Gasteiger charge is 2.05. The molecule has 2 aromatic heterocycles. The van der Waals surface area contributed by atoms with Gasteiger partial charge in [0, 0.05) is 36.0 Å². The van der Waals surface area contributed by atoms with E-state index in [-0.39, 0.29) is 0 Å². The zero-order valence-corrected chi connectivity index (χ0v) is 9.29. The fourth-order valence-corrected chi connectivity index (χ4v) is 1.75. The molecule has 0 atom stereocenters. The third kappa shape index (κ3) is 2.50. The second kappa shape index (κ2) is 4.84. The molecule has 4 nitrogen and oxygen atoms in total. The van der Waals surface area contributed by atoms with Crippen LogP contribution in [0.3, 0.4) is 0 Å². The summed E-state index contributed by atoms with van der Waals surface area (Å²) in [6.07, 6.45) is 4.60. The summed E-state index contributed by atoms with van der Waals surface area (Å²) < 4.78 is 4.27. The van der Waals surface area contributed by atoms with E-state index in [9.17, 15) is 0 Å². The maximum atomic E-state index is 4.37. The minimum Gasteiger partial charge on any atom is -0.360 e. The standard InChI is InChI=1S/C10H12N4S/c1-2-5-12-10-13-9(14-15-10)8-4-3-6-11-7-8/h3-4,6-7H,2,5H2,1H3,(H,12,13,14). The van der Waals surface area contributed by atoms with Crippen molar-refractivity contribution in [2.75, 3.05) is 11.9 Å². The van der Waals surface area contributed by atoms with Crippen molar-refractivity contribution in [3.8, 4) is 11.4 Å². The van der Waals surface area contributed by atoms with Gasteiger partial charge in [0.1, 0.15) is 0 Å². The van der Waals surface area contributed by atoms with E-state index in [0.717, 1.165) is 29.5 Å². The van der Waals surface area contributed by atoms with Crippen LogP contribution in [-0.4, -0.2) is 20.9 Å². The van der Waals surface area contributed by atoms with Gasteiger partial charge in [-0.25, -0.2) is 0 Å². The van der Waals surface area contributed by atoms with Crippen molar-refractivity contribution in [3.05, 3.63) is 24.5 Å². The van der Waals surface area contributed by atoms with Crippen molar-refractivity contribution in [2.24, 2.45) is 0 Å². The Morgan fingerprint density at radius 1 is 1.47 bits per heavy atom. The molecule has 5 heteroatoms. The van der Waals surface area contributed by atoms with Crippen molar-refractivity contribution in [1.82, 2.24) is 14.3 Å². The molecule has 0 aromatic carbocycles. The Balaban J connectivity index is 2.14. The summed E-state index contributed by atoms with van der Waals surface area (Å²) in [6, 6.07) is 3.84. The van der Waals surface area contributed by atoms with Gasteiger partial charge in [0.15, 0.2) is 5.82 Å². The quantitative estimate of drug-likeness (QED) is 0.859. The molecule has 15 heavy (non-hydrogen) atoms. The predicted molar refractivity (Wildman–Crippen MR) is 61.9 cm³/mol. The van der Waals surface area contributed by atoms with Crippen LogP contribution in [0.5, 0.6) is 0 Å². The molecule has 0 fully saturated rings. The molecular weight excluding hydrogens is 208 g/mol. The number of nitrogens with one attached hydrogen (secondary N) is 1. The average Bonchev–Trinajstić information content (AvgIpc) is 2.76. The molecule has 1 N–H and O–H groups in total. The minimum absolute atomic E-state index is 0.742. The Hall–Kier alpha value is -1.49. The molecule has 0 bridgehead atoms. The van der Waals surface area contributed by atoms with Gasteiger partial charge in [-0.3, -0.25) is 4.98 Å². The lowest BCUT2D eigenvalue weighted by molar-refractivity contribution is 0.976. The molecule has 0 amide bonds. The number of hydrogen-bond donors (Lipinski definition) is 1. The second-order valence-electron chi connectivity index (χ2n) is 3.09. The van der Waals surface area contributed by atoms with Crippen LogP contribution >= 0.6 is 11.5 Å². The number of nitrogens with zero attached hydrogens (tertiary/aromatic N) is 3. The van der Waals surface area contributed by atoms with Crippen molar-refractivity contribution in [3.63, 3.8) is 0 Å². The van der Waals surface area contributed by atoms with Crippen LogP contribution in [0.2, 0.25) is 0 Å². The lowest BCUT2D eigenvalue weighted by Gasteiger charge is -1.96. The first-order valence-corrected chi connectivity index (χ1v) is 5.65. The molecule has 2 rings (SSSR count). The largest absolute Gasteiger partial charge is 0.360 e. The average molecular weight is 220 g/mol. The van der Waals surface area contributed by atoms with Gasteiger partial charge in [-0.1, -0.05) is 6.92 Å². The van der Waals surface area contributed by atoms with Crippen LogP contribution in [0.25, 0.3) is 11.4 Å². The molecule has 0 unspecified atom stereocenters. The number of anilines is 1. The monoisotopic (exact) mass is 220 g/mol. The normalized spacial score (nSPS) is 10.2. The molecule has 0 radical (unpaired) electrons. The van der Waals surface area contributed by atoms with Crippen LogP contribution in [0, 0.1) is 0 Å². The summed E-state index contributed by atoms with van der Waals surface area (Å²) in [5.74, 6) is 0.742. The van der Waals surface area contributed by atoms with E-state index < -0.39 is 0 Å². The summed E-state index contributed by atoms with van der Waals surface area (Å²) in [4.78, 5) is 8.41. The van der Waals surface area contributed by atoms with Crippen LogP contribution in [0.4, 0.5) is 5.13 Å². The lowest BCUT2D eigenvalue weighted by atomic mass is 10.3. The van der Waals surface area contributed by atoms with Crippen molar-refractivity contribution < 1.29 is 0 Å². The number of pyridine rings is 1. The third-order valence-corrected chi connectivity index (χ3v) is 2.54. The van der Waals surface area contributed by atoms with Gasteiger partial charge >= 0.3 is 0 Å². The van der Waals surface area contributed by atoms with Gasteiger partial charge in [0.05, 0.1) is 0 Å². The Bertz CT molecular complexity index is 412. The summed E-state index contributed by atoms with van der Waals surface area (Å²) in [5, 5.41) is 4.08. The summed E-state index contributed by atoms with van der Waals surface area (Å²) in [6.45, 7) is 3.05. The molecule has 2 aromatic rings. The van der Waals surface area contributed by atoms with E-state index in [4.69, 9.17) is 0 Å². The minimum atomic E-state index is 0.742. The van der Waals surface area contributed by atoms with Gasteiger partial charge in [-0.2, -0.15) is 9.36 Å². The fraction of sp³-hybridized carbons (Fsp3) is 0.300. The van der Waals surface area contributed by atoms with Crippen molar-refractivity contribution >= 4 is 16.7 Å². The van der Waals surface area contributed by atoms with Gasteiger partial charge in [-0.15, -0.1) is 0 Å². The van der Waals surface area contributed by atoms with Gasteiger partial charge < -0.3 is 5.32 Å². The fourth-order valence-electron chi connectivity index (χ4n) is 1.14. The summed E-state index contributed by atoms with van der Waals surface area (Å²) >= 11 is 1.38. The van der Waals surface area contributed by atoms with Gasteiger partial charge in [0.2, 0.25) is 5.13 Å². The molecule has 0 aliphatic heterocycles. The number of aromatic nitrogens is 3. The molecule has 2 heterocycles. The molecule has 0 aliphatic carbocycles. The topological polar surface area (TPSA) is 50.7 Å². The highest BCUT2D eigenvalue weighted by atomic mass is 32.1. The van der Waals surface area contributed by atoms with E-state index in [1.807, 2.05) is 12.1 Å². The van der Waals surface area contributed by atoms with Crippen molar-refractivity contribution in [2.45, 2.75) is 13.3 Å². The highest BCUT2D eigenvalue weighted by molar-refractivity contribution is 7.09. The van der Waals surface area contributed by atoms with Crippen LogP contribution in [-0.2, 0) is 0 Å². The van der Waals surface area contributed by atoms with E-state index in [1.165, 1.54) is 11.5 Å². The molecular formula is C10H12N4S. The Morgan fingerprint density at radius 2 is 2.40 bits per heavy atom. The zero-order valence-electron chi connectivity index (χ0n) is 8.47. The number of hydrogen-bond acceptors (Lipinski definition) is 5. The zero-order chi connectivity index (χ0) is 10.5. The van der Waals surface area contributed by atoms with E-state index >= 15 is 0 Å². The first kappa shape index (κ1) is 10.0. The molecule has 0 saturated heterocycles. The maximum Gasteiger partial charge on any atom is 0.202 e. The van der Waals surface area contributed by atoms with E-state index in [2.05, 4.69) is 26.6 Å². The van der Waals surface area contributed by atoms with Crippen LogP contribution < -0.4 is 5.32 Å². The highest BCUT2D eigenvalue weighted by Crippen LogP contribution is 2.19. The predicted octanol–water partition coefficient (Wildman–Crippen LogP) is 2.42. The summed E-state index contributed by atoms with van der Waals surface area (Å²) in [5.41, 5.74) is 0.957. The second-order valence-corrected chi connectivity index (χ2v) is 3.84. The van der Waals surface area contributed by atoms with Gasteiger partial charge in [0.25, 0.3) is 0 Å². The van der Waals surface area contributed by atoms with E-state index in [1.54, 1.807) is 12.4 Å². The van der Waals surface area contributed by atoms with E-state index in [0.29, 0.717) is 0 Å². The van der Waals surface area contributed by atoms with Crippen LogP contribution in [0.15, 0.2) is 24.5 Å². The molecule has 0 saturated carbocycles.